The first kappa shape index (κ1) is 23.9. The van der Waals surface area contributed by atoms with Gasteiger partial charge in [0.1, 0.15) is 12.3 Å². The lowest BCUT2D eigenvalue weighted by molar-refractivity contribution is -0.139. The molecule has 0 heterocycles. The molecule has 0 fully saturated rings. The molecular weight excluding hydrogens is 396 g/mol. The zero-order valence-electron chi connectivity index (χ0n) is 18.7. The highest BCUT2D eigenvalue weighted by Gasteiger charge is 2.23. The number of amides is 2. The first-order chi connectivity index (χ1) is 14.8. The zero-order valence-corrected chi connectivity index (χ0v) is 18.7. The van der Waals surface area contributed by atoms with Gasteiger partial charge in [0, 0.05) is 11.7 Å². The van der Waals surface area contributed by atoms with Crippen LogP contribution in [-0.4, -0.2) is 49.0 Å². The second-order valence-electron chi connectivity index (χ2n) is 7.38. The van der Waals surface area contributed by atoms with E-state index >= 15 is 0 Å². The van der Waals surface area contributed by atoms with Crippen molar-refractivity contribution in [2.45, 2.75) is 40.2 Å². The second-order valence-corrected chi connectivity index (χ2v) is 7.38. The molecule has 0 saturated carbocycles. The molecule has 31 heavy (non-hydrogen) atoms. The van der Waals surface area contributed by atoms with Crippen LogP contribution in [0.3, 0.4) is 0 Å². The first-order valence-corrected chi connectivity index (χ1v) is 10.2. The Kier molecular flexibility index (Phi) is 8.61. The topological polar surface area (TPSA) is 84.9 Å². The van der Waals surface area contributed by atoms with E-state index < -0.39 is 18.5 Å². The standard InChI is InChI=1S/C24H30N2O5/c1-6-17(3)26(14-22(27)25-21-12-7-9-16(2)18(21)4)23(28)15-31-24(29)19-10-8-11-20(13-19)30-5/h7-13,17H,6,14-15H2,1-5H3,(H,25,27)/t17-/m1/s1. The van der Waals surface area contributed by atoms with Gasteiger partial charge in [-0.25, -0.2) is 4.79 Å². The fraction of sp³-hybridized carbons (Fsp3) is 0.375. The van der Waals surface area contributed by atoms with Gasteiger partial charge in [-0.3, -0.25) is 9.59 Å². The summed E-state index contributed by atoms with van der Waals surface area (Å²) >= 11 is 0. The van der Waals surface area contributed by atoms with Crippen molar-refractivity contribution >= 4 is 23.5 Å². The van der Waals surface area contributed by atoms with Crippen LogP contribution in [0.1, 0.15) is 41.8 Å². The molecule has 2 amide bonds. The number of esters is 1. The molecule has 1 N–H and O–H groups in total. The molecular formula is C24H30N2O5. The highest BCUT2D eigenvalue weighted by atomic mass is 16.5. The molecule has 0 aliphatic rings. The smallest absolute Gasteiger partial charge is 0.338 e. The Labute approximate surface area is 183 Å². The minimum atomic E-state index is -0.629. The maximum atomic E-state index is 12.8. The molecule has 0 saturated heterocycles. The number of ether oxygens (including phenoxy) is 2. The summed E-state index contributed by atoms with van der Waals surface area (Å²) in [5, 5.41) is 2.86. The Hall–Kier alpha value is -3.35. The molecule has 2 aromatic rings. The maximum Gasteiger partial charge on any atom is 0.338 e. The number of carbonyl (C=O) groups is 3. The van der Waals surface area contributed by atoms with Crippen molar-refractivity contribution < 1.29 is 23.9 Å². The van der Waals surface area contributed by atoms with E-state index in [1.807, 2.05) is 45.9 Å². The van der Waals surface area contributed by atoms with Crippen LogP contribution in [0.15, 0.2) is 42.5 Å². The van der Waals surface area contributed by atoms with E-state index in [1.165, 1.54) is 18.1 Å². The fourth-order valence-electron chi connectivity index (χ4n) is 2.98. The molecule has 2 rings (SSSR count). The Bertz CT molecular complexity index is 941. The predicted molar refractivity (Wildman–Crippen MR) is 119 cm³/mol. The van der Waals surface area contributed by atoms with Crippen LogP contribution >= 0.6 is 0 Å². The molecule has 0 aromatic heterocycles. The average molecular weight is 427 g/mol. The van der Waals surface area contributed by atoms with Crippen molar-refractivity contribution in [3.63, 3.8) is 0 Å². The third-order valence-corrected chi connectivity index (χ3v) is 5.27. The van der Waals surface area contributed by atoms with Gasteiger partial charge in [-0.1, -0.05) is 25.1 Å². The third-order valence-electron chi connectivity index (χ3n) is 5.27. The van der Waals surface area contributed by atoms with E-state index in [0.29, 0.717) is 17.9 Å². The molecule has 0 spiro atoms. The quantitative estimate of drug-likeness (QED) is 0.618. The van der Waals surface area contributed by atoms with Gasteiger partial charge in [0.2, 0.25) is 5.91 Å². The lowest BCUT2D eigenvalue weighted by atomic mass is 10.1. The van der Waals surface area contributed by atoms with Gasteiger partial charge < -0.3 is 19.7 Å². The lowest BCUT2D eigenvalue weighted by Gasteiger charge is -2.28. The summed E-state index contributed by atoms with van der Waals surface area (Å²) < 4.78 is 10.3. The minimum absolute atomic E-state index is 0.127. The van der Waals surface area contributed by atoms with Gasteiger partial charge in [-0.2, -0.15) is 0 Å². The summed E-state index contributed by atoms with van der Waals surface area (Å²) in [5.74, 6) is -0.843. The van der Waals surface area contributed by atoms with E-state index in [2.05, 4.69) is 5.32 Å². The Balaban J connectivity index is 2.02. The van der Waals surface area contributed by atoms with Crippen LogP contribution in [-0.2, 0) is 14.3 Å². The van der Waals surface area contributed by atoms with Crippen LogP contribution < -0.4 is 10.1 Å². The number of hydrogen-bond donors (Lipinski definition) is 1. The van der Waals surface area contributed by atoms with E-state index in [4.69, 9.17) is 9.47 Å². The molecule has 0 aliphatic carbocycles. The van der Waals surface area contributed by atoms with Crippen LogP contribution in [0.5, 0.6) is 5.75 Å². The van der Waals surface area contributed by atoms with Gasteiger partial charge >= 0.3 is 5.97 Å². The van der Waals surface area contributed by atoms with Gasteiger partial charge in [-0.05, 0) is 62.6 Å². The van der Waals surface area contributed by atoms with E-state index in [-0.39, 0.29) is 24.1 Å². The fourth-order valence-corrected chi connectivity index (χ4v) is 2.98. The summed E-state index contributed by atoms with van der Waals surface area (Å²) in [6, 6.07) is 12.0. The normalized spacial score (nSPS) is 11.4. The van der Waals surface area contributed by atoms with Crippen molar-refractivity contribution in [1.29, 1.82) is 0 Å². The largest absolute Gasteiger partial charge is 0.497 e. The summed E-state index contributed by atoms with van der Waals surface area (Å²) in [4.78, 5) is 39.1. The Morgan fingerprint density at radius 1 is 1.10 bits per heavy atom. The molecule has 7 nitrogen and oxygen atoms in total. The SMILES string of the molecule is CC[C@@H](C)N(CC(=O)Nc1cccc(C)c1C)C(=O)COC(=O)c1cccc(OC)c1. The van der Waals surface area contributed by atoms with E-state index in [1.54, 1.807) is 18.2 Å². The van der Waals surface area contributed by atoms with Crippen molar-refractivity contribution in [1.82, 2.24) is 4.90 Å². The monoisotopic (exact) mass is 426 g/mol. The molecule has 7 heteroatoms. The highest BCUT2D eigenvalue weighted by molar-refractivity contribution is 5.96. The van der Waals surface area contributed by atoms with Crippen LogP contribution in [0.2, 0.25) is 0 Å². The second kappa shape index (κ2) is 11.2. The minimum Gasteiger partial charge on any atom is -0.497 e. The molecule has 166 valence electrons. The molecule has 0 bridgehead atoms. The van der Waals surface area contributed by atoms with Gasteiger partial charge in [0.25, 0.3) is 5.91 Å². The number of anilines is 1. The average Bonchev–Trinajstić information content (AvgIpc) is 2.78. The summed E-state index contributed by atoms with van der Waals surface area (Å²) in [5.41, 5.74) is 3.04. The lowest BCUT2D eigenvalue weighted by Crippen LogP contribution is -2.45. The summed E-state index contributed by atoms with van der Waals surface area (Å²) in [6.07, 6.45) is 0.659. The van der Waals surface area contributed by atoms with Gasteiger partial charge in [0.15, 0.2) is 6.61 Å². The number of nitrogens with one attached hydrogen (secondary N) is 1. The zero-order chi connectivity index (χ0) is 23.0. The van der Waals surface area contributed by atoms with Crippen LogP contribution in [0, 0.1) is 13.8 Å². The highest BCUT2D eigenvalue weighted by Crippen LogP contribution is 2.18. The summed E-state index contributed by atoms with van der Waals surface area (Å²) in [6.45, 7) is 7.11. The predicted octanol–water partition coefficient (Wildman–Crippen LogP) is 3.73. The van der Waals surface area contributed by atoms with Gasteiger partial charge in [-0.15, -0.1) is 0 Å². The van der Waals surface area contributed by atoms with Gasteiger partial charge in [0.05, 0.1) is 12.7 Å². The van der Waals surface area contributed by atoms with E-state index in [0.717, 1.165) is 11.1 Å². The Morgan fingerprint density at radius 3 is 2.48 bits per heavy atom. The number of benzene rings is 2. The number of methoxy groups -OCH3 is 1. The number of rotatable bonds is 9. The molecule has 0 aliphatic heterocycles. The number of nitrogens with zero attached hydrogens (tertiary/aromatic N) is 1. The number of hydrogen-bond acceptors (Lipinski definition) is 5. The number of aryl methyl sites for hydroxylation is 1. The van der Waals surface area contributed by atoms with Crippen molar-refractivity contribution in [2.75, 3.05) is 25.6 Å². The van der Waals surface area contributed by atoms with Crippen LogP contribution in [0.25, 0.3) is 0 Å². The third kappa shape index (κ3) is 6.57. The molecule has 2 aromatic carbocycles. The van der Waals surface area contributed by atoms with Crippen molar-refractivity contribution in [2.24, 2.45) is 0 Å². The molecule has 0 radical (unpaired) electrons. The van der Waals surface area contributed by atoms with E-state index in [9.17, 15) is 14.4 Å². The van der Waals surface area contributed by atoms with Crippen LogP contribution in [0.4, 0.5) is 5.69 Å². The number of carbonyl (C=O) groups excluding carboxylic acids is 3. The van der Waals surface area contributed by atoms with Crippen molar-refractivity contribution in [3.05, 3.63) is 59.2 Å². The summed E-state index contributed by atoms with van der Waals surface area (Å²) in [7, 11) is 1.50. The molecule has 0 unspecified atom stereocenters. The maximum absolute atomic E-state index is 12.8. The Morgan fingerprint density at radius 2 is 1.81 bits per heavy atom. The molecule has 1 atom stereocenters. The first-order valence-electron chi connectivity index (χ1n) is 10.2. The van der Waals surface area contributed by atoms with Crippen molar-refractivity contribution in [3.8, 4) is 5.75 Å².